The molecular formula is C23H24N6O3. The fourth-order valence-corrected chi connectivity index (χ4v) is 3.54. The molecule has 0 aliphatic carbocycles. The summed E-state index contributed by atoms with van der Waals surface area (Å²) in [5.74, 6) is 0.425. The highest BCUT2D eigenvalue weighted by Crippen LogP contribution is 2.20. The SMILES string of the molecule is C/C(=N\Nc1nc2c(c(=O)n(C)c(=O)n2C)n1Cc1ccc(C)cc1)c1ccccc1O. The van der Waals surface area contributed by atoms with Crippen molar-refractivity contribution in [3.63, 3.8) is 0 Å². The van der Waals surface area contributed by atoms with Crippen LogP contribution < -0.4 is 16.7 Å². The number of fused-ring (bicyclic) bond motifs is 1. The van der Waals surface area contributed by atoms with Crippen LogP contribution >= 0.6 is 0 Å². The maximum absolute atomic E-state index is 13.0. The Hall–Kier alpha value is -4.14. The lowest BCUT2D eigenvalue weighted by molar-refractivity contribution is 0.474. The van der Waals surface area contributed by atoms with Gasteiger partial charge in [-0.15, -0.1) is 0 Å². The molecule has 2 aromatic carbocycles. The molecule has 164 valence electrons. The van der Waals surface area contributed by atoms with Crippen molar-refractivity contribution in [1.29, 1.82) is 0 Å². The average molecular weight is 432 g/mol. The van der Waals surface area contributed by atoms with Crippen molar-refractivity contribution < 1.29 is 5.11 Å². The van der Waals surface area contributed by atoms with Crippen LogP contribution in [0.3, 0.4) is 0 Å². The number of para-hydroxylation sites is 1. The number of hydrazone groups is 1. The van der Waals surface area contributed by atoms with E-state index in [-0.39, 0.29) is 11.4 Å². The van der Waals surface area contributed by atoms with Gasteiger partial charge in [-0.1, -0.05) is 42.0 Å². The van der Waals surface area contributed by atoms with Crippen LogP contribution in [0.2, 0.25) is 0 Å². The Labute approximate surface area is 183 Å². The van der Waals surface area contributed by atoms with Gasteiger partial charge in [0.05, 0.1) is 12.3 Å². The molecule has 0 saturated carbocycles. The number of aromatic hydroxyl groups is 1. The van der Waals surface area contributed by atoms with Gasteiger partial charge in [-0.2, -0.15) is 10.1 Å². The Bertz CT molecular complexity index is 1460. The van der Waals surface area contributed by atoms with E-state index in [2.05, 4.69) is 15.5 Å². The van der Waals surface area contributed by atoms with Crippen LogP contribution in [0.4, 0.5) is 5.95 Å². The minimum absolute atomic E-state index is 0.111. The van der Waals surface area contributed by atoms with Gasteiger partial charge in [-0.25, -0.2) is 10.2 Å². The second-order valence-electron chi connectivity index (χ2n) is 7.71. The molecule has 2 aromatic heterocycles. The number of aryl methyl sites for hydroxylation is 2. The number of aromatic nitrogens is 4. The van der Waals surface area contributed by atoms with Crippen LogP contribution in [-0.2, 0) is 20.6 Å². The van der Waals surface area contributed by atoms with Crippen LogP contribution in [0.5, 0.6) is 5.75 Å². The largest absolute Gasteiger partial charge is 0.507 e. The normalized spacial score (nSPS) is 11.8. The summed E-state index contributed by atoms with van der Waals surface area (Å²) in [5, 5.41) is 14.5. The Morgan fingerprint density at radius 2 is 1.75 bits per heavy atom. The first-order valence-corrected chi connectivity index (χ1v) is 10.1. The van der Waals surface area contributed by atoms with E-state index in [0.29, 0.717) is 29.3 Å². The monoisotopic (exact) mass is 432 g/mol. The van der Waals surface area contributed by atoms with Crippen molar-refractivity contribution in [2.45, 2.75) is 20.4 Å². The highest BCUT2D eigenvalue weighted by Gasteiger charge is 2.19. The number of benzene rings is 2. The van der Waals surface area contributed by atoms with Crippen molar-refractivity contribution in [2.24, 2.45) is 19.2 Å². The van der Waals surface area contributed by atoms with Gasteiger partial charge in [0.2, 0.25) is 5.95 Å². The lowest BCUT2D eigenvalue weighted by atomic mass is 10.1. The standard InChI is InChI=1S/C23H24N6O3/c1-14-9-11-16(12-10-14)13-29-19-20(27(3)23(32)28(4)21(19)31)24-22(29)26-25-15(2)17-7-5-6-8-18(17)30/h5-12,30H,13H2,1-4H3,(H,24,26)/b25-15+. The summed E-state index contributed by atoms with van der Waals surface area (Å²) >= 11 is 0. The first-order chi connectivity index (χ1) is 15.3. The van der Waals surface area contributed by atoms with Gasteiger partial charge >= 0.3 is 5.69 Å². The third-order valence-corrected chi connectivity index (χ3v) is 5.43. The Morgan fingerprint density at radius 1 is 1.06 bits per heavy atom. The molecule has 0 aliphatic heterocycles. The molecule has 0 radical (unpaired) electrons. The van der Waals surface area contributed by atoms with E-state index < -0.39 is 11.2 Å². The molecule has 2 N–H and O–H groups in total. The summed E-state index contributed by atoms with van der Waals surface area (Å²) in [4.78, 5) is 29.9. The molecular weight excluding hydrogens is 408 g/mol. The maximum Gasteiger partial charge on any atom is 0.332 e. The number of hydrogen-bond acceptors (Lipinski definition) is 6. The lowest BCUT2D eigenvalue weighted by Gasteiger charge is -2.10. The second kappa shape index (κ2) is 8.18. The number of hydrogen-bond donors (Lipinski definition) is 2. The summed E-state index contributed by atoms with van der Waals surface area (Å²) in [6, 6.07) is 14.8. The van der Waals surface area contributed by atoms with Crippen molar-refractivity contribution in [1.82, 2.24) is 18.7 Å². The van der Waals surface area contributed by atoms with Gasteiger partial charge in [-0.3, -0.25) is 18.5 Å². The molecule has 0 aliphatic rings. The molecule has 0 unspecified atom stereocenters. The first-order valence-electron chi connectivity index (χ1n) is 10.1. The molecule has 32 heavy (non-hydrogen) atoms. The predicted molar refractivity (Wildman–Crippen MR) is 124 cm³/mol. The van der Waals surface area contributed by atoms with Gasteiger partial charge in [0.1, 0.15) is 5.75 Å². The zero-order valence-electron chi connectivity index (χ0n) is 18.3. The smallest absolute Gasteiger partial charge is 0.332 e. The van der Waals surface area contributed by atoms with Crippen molar-refractivity contribution in [2.75, 3.05) is 5.43 Å². The molecule has 4 aromatic rings. The third-order valence-electron chi connectivity index (χ3n) is 5.43. The molecule has 4 rings (SSSR count). The second-order valence-corrected chi connectivity index (χ2v) is 7.71. The van der Waals surface area contributed by atoms with Crippen LogP contribution in [0, 0.1) is 6.92 Å². The number of nitrogens with zero attached hydrogens (tertiary/aromatic N) is 5. The topological polar surface area (TPSA) is 106 Å². The maximum atomic E-state index is 13.0. The lowest BCUT2D eigenvalue weighted by Crippen LogP contribution is -2.37. The molecule has 0 spiro atoms. The summed E-state index contributed by atoms with van der Waals surface area (Å²) in [6.07, 6.45) is 0. The number of rotatable bonds is 5. The van der Waals surface area contributed by atoms with E-state index >= 15 is 0 Å². The van der Waals surface area contributed by atoms with Gasteiger partial charge in [0.15, 0.2) is 11.2 Å². The Balaban J connectivity index is 1.86. The van der Waals surface area contributed by atoms with Crippen LogP contribution in [0.1, 0.15) is 23.6 Å². The number of imidazole rings is 1. The molecule has 9 nitrogen and oxygen atoms in total. The summed E-state index contributed by atoms with van der Waals surface area (Å²) < 4.78 is 4.12. The average Bonchev–Trinajstić information content (AvgIpc) is 3.14. The number of anilines is 1. The third kappa shape index (κ3) is 3.68. The van der Waals surface area contributed by atoms with Gasteiger partial charge in [-0.05, 0) is 31.5 Å². The Kier molecular flexibility index (Phi) is 5.40. The van der Waals surface area contributed by atoms with E-state index in [0.717, 1.165) is 15.7 Å². The van der Waals surface area contributed by atoms with Gasteiger partial charge in [0.25, 0.3) is 5.56 Å². The molecule has 0 atom stereocenters. The van der Waals surface area contributed by atoms with Crippen LogP contribution in [-0.4, -0.2) is 29.5 Å². The highest BCUT2D eigenvalue weighted by atomic mass is 16.3. The zero-order chi connectivity index (χ0) is 23.0. The van der Waals surface area contributed by atoms with Crippen molar-refractivity contribution >= 4 is 22.8 Å². The van der Waals surface area contributed by atoms with E-state index in [1.807, 2.05) is 31.2 Å². The van der Waals surface area contributed by atoms with Crippen LogP contribution in [0.15, 0.2) is 63.2 Å². The number of phenols is 1. The van der Waals surface area contributed by atoms with E-state index in [1.54, 1.807) is 42.8 Å². The quantitative estimate of drug-likeness (QED) is 0.372. The highest BCUT2D eigenvalue weighted by molar-refractivity contribution is 6.01. The molecule has 0 bridgehead atoms. The molecule has 9 heteroatoms. The van der Waals surface area contributed by atoms with Gasteiger partial charge < -0.3 is 5.11 Å². The number of phenolic OH excluding ortho intramolecular Hbond substituents is 1. The molecule has 0 saturated heterocycles. The van der Waals surface area contributed by atoms with Gasteiger partial charge in [0, 0.05) is 19.7 Å². The first kappa shape index (κ1) is 21.1. The molecule has 0 fully saturated rings. The summed E-state index contributed by atoms with van der Waals surface area (Å²) in [6.45, 7) is 4.12. The van der Waals surface area contributed by atoms with Crippen molar-refractivity contribution in [3.8, 4) is 5.75 Å². The molecule has 2 heterocycles. The summed E-state index contributed by atoms with van der Waals surface area (Å²) in [5.41, 5.74) is 5.81. The van der Waals surface area contributed by atoms with E-state index in [1.165, 1.54) is 11.6 Å². The van der Waals surface area contributed by atoms with E-state index in [9.17, 15) is 14.7 Å². The predicted octanol–water partition coefficient (Wildman–Crippen LogP) is 2.33. The summed E-state index contributed by atoms with van der Waals surface area (Å²) in [7, 11) is 3.02. The minimum atomic E-state index is -0.456. The zero-order valence-corrected chi connectivity index (χ0v) is 18.3. The van der Waals surface area contributed by atoms with Crippen molar-refractivity contribution in [3.05, 3.63) is 86.1 Å². The van der Waals surface area contributed by atoms with E-state index in [4.69, 9.17) is 0 Å². The van der Waals surface area contributed by atoms with Crippen LogP contribution in [0.25, 0.3) is 11.2 Å². The fraction of sp³-hybridized carbons (Fsp3) is 0.217. The molecule has 0 amide bonds. The fourth-order valence-electron chi connectivity index (χ4n) is 3.54. The minimum Gasteiger partial charge on any atom is -0.507 e. The number of nitrogens with one attached hydrogen (secondary N) is 1. The Morgan fingerprint density at radius 3 is 2.44 bits per heavy atom.